The van der Waals surface area contributed by atoms with Crippen molar-refractivity contribution in [1.82, 2.24) is 9.55 Å². The lowest BCUT2D eigenvalue weighted by Gasteiger charge is -2.20. The van der Waals surface area contributed by atoms with Crippen molar-refractivity contribution in [1.29, 1.82) is 0 Å². The Morgan fingerprint density at radius 3 is 2.59 bits per heavy atom. The van der Waals surface area contributed by atoms with Crippen LogP contribution in [0.5, 0.6) is 5.75 Å². The number of benzene rings is 3. The Hall–Kier alpha value is -3.60. The smallest absolute Gasteiger partial charge is 0.227 e. The van der Waals surface area contributed by atoms with Gasteiger partial charge >= 0.3 is 0 Å². The molecule has 1 saturated heterocycles. The van der Waals surface area contributed by atoms with Crippen LogP contribution in [0.25, 0.3) is 11.0 Å². The van der Waals surface area contributed by atoms with Gasteiger partial charge in [-0.15, -0.1) is 0 Å². The lowest BCUT2D eigenvalue weighted by molar-refractivity contribution is -0.117. The quantitative estimate of drug-likeness (QED) is 0.354. The zero-order valence-corrected chi connectivity index (χ0v) is 20.1. The van der Waals surface area contributed by atoms with Gasteiger partial charge in [-0.05, 0) is 67.3 Å². The van der Waals surface area contributed by atoms with Crippen molar-refractivity contribution in [3.05, 3.63) is 89.2 Å². The third-order valence-corrected chi connectivity index (χ3v) is 6.96. The van der Waals surface area contributed by atoms with Gasteiger partial charge in [0.2, 0.25) is 5.91 Å². The van der Waals surface area contributed by atoms with Crippen LogP contribution < -0.4 is 9.64 Å². The van der Waals surface area contributed by atoms with Crippen molar-refractivity contribution >= 4 is 22.6 Å². The summed E-state index contributed by atoms with van der Waals surface area (Å²) in [7, 11) is 0. The van der Waals surface area contributed by atoms with Crippen LogP contribution in [-0.4, -0.2) is 28.6 Å². The fraction of sp³-hybridized carbons (Fsp3) is 0.310. The summed E-state index contributed by atoms with van der Waals surface area (Å²) in [4.78, 5) is 20.0. The predicted octanol–water partition coefficient (Wildman–Crippen LogP) is 5.82. The molecule has 5 rings (SSSR count). The van der Waals surface area contributed by atoms with E-state index in [1.54, 1.807) is 0 Å². The van der Waals surface area contributed by atoms with Crippen LogP contribution in [0, 0.1) is 13.8 Å². The first-order valence-corrected chi connectivity index (χ1v) is 12.1. The average molecular weight is 454 g/mol. The molecule has 5 nitrogen and oxygen atoms in total. The number of hydrogen-bond acceptors (Lipinski definition) is 3. The molecule has 0 bridgehead atoms. The number of carbonyl (C=O) groups is 1. The van der Waals surface area contributed by atoms with Crippen LogP contribution in [0.1, 0.15) is 41.8 Å². The van der Waals surface area contributed by atoms with Crippen LogP contribution >= 0.6 is 0 Å². The molecule has 0 N–H and O–H groups in total. The SMILES string of the molecule is CCc1ccc(OCCn2c(C3CC(=O)N(c4cccc(C)c4C)C3)nc3ccccc32)cc1. The molecule has 3 aromatic carbocycles. The molecule has 1 fully saturated rings. The van der Waals surface area contributed by atoms with Gasteiger partial charge in [-0.2, -0.15) is 0 Å². The number of anilines is 1. The number of nitrogens with zero attached hydrogens (tertiary/aromatic N) is 3. The maximum atomic E-state index is 13.1. The van der Waals surface area contributed by atoms with Gasteiger partial charge in [0.05, 0.1) is 17.6 Å². The predicted molar refractivity (Wildman–Crippen MR) is 137 cm³/mol. The first-order chi connectivity index (χ1) is 16.5. The molecule has 1 unspecified atom stereocenters. The van der Waals surface area contributed by atoms with Gasteiger partial charge in [0.1, 0.15) is 18.2 Å². The summed E-state index contributed by atoms with van der Waals surface area (Å²) in [5, 5.41) is 0. The lowest BCUT2D eigenvalue weighted by atomic mass is 10.1. The first-order valence-electron chi connectivity index (χ1n) is 12.1. The number of rotatable bonds is 7. The molecule has 0 saturated carbocycles. The van der Waals surface area contributed by atoms with Crippen LogP contribution in [-0.2, 0) is 17.8 Å². The molecule has 1 aromatic heterocycles. The second-order valence-corrected chi connectivity index (χ2v) is 9.08. The molecule has 0 spiro atoms. The molecule has 2 heterocycles. The third-order valence-electron chi connectivity index (χ3n) is 6.96. The van der Waals surface area contributed by atoms with Crippen LogP contribution in [0.3, 0.4) is 0 Å². The number of hydrogen-bond donors (Lipinski definition) is 0. The van der Waals surface area contributed by atoms with Gasteiger partial charge < -0.3 is 14.2 Å². The molecule has 0 radical (unpaired) electrons. The maximum absolute atomic E-state index is 13.1. The van der Waals surface area contributed by atoms with Gasteiger partial charge in [0.25, 0.3) is 0 Å². The number of carbonyl (C=O) groups excluding carboxylic acids is 1. The summed E-state index contributed by atoms with van der Waals surface area (Å²) in [5.41, 5.74) is 6.71. The summed E-state index contributed by atoms with van der Waals surface area (Å²) in [6, 6.07) is 22.6. The largest absolute Gasteiger partial charge is 0.492 e. The number of fused-ring (bicyclic) bond motifs is 1. The highest BCUT2D eigenvalue weighted by Crippen LogP contribution is 2.35. The zero-order valence-electron chi connectivity index (χ0n) is 20.1. The van der Waals surface area contributed by atoms with Crippen molar-refractivity contribution in [2.75, 3.05) is 18.1 Å². The van der Waals surface area contributed by atoms with E-state index < -0.39 is 0 Å². The highest BCUT2D eigenvalue weighted by atomic mass is 16.5. The standard InChI is InChI=1S/C29H31N3O2/c1-4-22-12-14-24(15-13-22)34-17-16-31-27-10-6-5-9-25(27)30-29(31)23-18-28(33)32(19-23)26-11-7-8-20(2)21(26)3/h5-15,23H,4,16-19H2,1-3H3. The van der Waals surface area contributed by atoms with Crippen LogP contribution in [0.15, 0.2) is 66.7 Å². The van der Waals surface area contributed by atoms with Crippen LogP contribution in [0.4, 0.5) is 5.69 Å². The molecular weight excluding hydrogens is 422 g/mol. The number of aryl methyl sites for hydroxylation is 2. The highest BCUT2D eigenvalue weighted by Gasteiger charge is 2.35. The van der Waals surface area contributed by atoms with Gasteiger partial charge in [-0.3, -0.25) is 4.79 Å². The molecule has 1 atom stereocenters. The lowest BCUT2D eigenvalue weighted by Crippen LogP contribution is -2.25. The highest BCUT2D eigenvalue weighted by molar-refractivity contribution is 5.97. The second-order valence-electron chi connectivity index (χ2n) is 9.08. The van der Waals surface area contributed by atoms with Gasteiger partial charge in [0.15, 0.2) is 0 Å². The van der Waals surface area contributed by atoms with Crippen molar-refractivity contribution in [2.45, 2.75) is 46.1 Å². The minimum atomic E-state index is 0.0450. The summed E-state index contributed by atoms with van der Waals surface area (Å²) < 4.78 is 8.30. The number of para-hydroxylation sites is 2. The van der Waals surface area contributed by atoms with Crippen molar-refractivity contribution in [2.24, 2.45) is 0 Å². The Kier molecular flexibility index (Phi) is 6.10. The zero-order chi connectivity index (χ0) is 23.7. The first kappa shape index (κ1) is 22.2. The molecule has 174 valence electrons. The fourth-order valence-corrected chi connectivity index (χ4v) is 4.86. The van der Waals surface area contributed by atoms with E-state index in [9.17, 15) is 4.79 Å². The van der Waals surface area contributed by atoms with Gasteiger partial charge in [0, 0.05) is 24.6 Å². The van der Waals surface area contributed by atoms with Gasteiger partial charge in [-0.1, -0.05) is 43.3 Å². The van der Waals surface area contributed by atoms with Crippen LogP contribution in [0.2, 0.25) is 0 Å². The Balaban J connectivity index is 1.39. The van der Waals surface area contributed by atoms with E-state index in [4.69, 9.17) is 9.72 Å². The Labute approximate surface area is 201 Å². The molecule has 1 aliphatic heterocycles. The topological polar surface area (TPSA) is 47.4 Å². The second kappa shape index (κ2) is 9.34. The molecular formula is C29H31N3O2. The molecule has 1 aliphatic rings. The van der Waals surface area contributed by atoms with E-state index in [0.717, 1.165) is 40.3 Å². The van der Waals surface area contributed by atoms with E-state index in [2.05, 4.69) is 49.6 Å². The van der Waals surface area contributed by atoms with E-state index in [1.807, 2.05) is 47.4 Å². The van der Waals surface area contributed by atoms with Crippen molar-refractivity contribution in [3.8, 4) is 5.75 Å². The molecule has 5 heteroatoms. The minimum absolute atomic E-state index is 0.0450. The number of ether oxygens (including phenoxy) is 1. The summed E-state index contributed by atoms with van der Waals surface area (Å²) in [6.07, 6.45) is 1.49. The van der Waals surface area contributed by atoms with Gasteiger partial charge in [-0.25, -0.2) is 4.98 Å². The molecule has 34 heavy (non-hydrogen) atoms. The minimum Gasteiger partial charge on any atom is -0.492 e. The third kappa shape index (κ3) is 4.18. The fourth-order valence-electron chi connectivity index (χ4n) is 4.86. The maximum Gasteiger partial charge on any atom is 0.227 e. The number of aromatic nitrogens is 2. The summed E-state index contributed by atoms with van der Waals surface area (Å²) >= 11 is 0. The molecule has 1 amide bonds. The summed E-state index contributed by atoms with van der Waals surface area (Å²) in [5.74, 6) is 2.04. The normalized spacial score (nSPS) is 15.9. The Morgan fingerprint density at radius 1 is 1.00 bits per heavy atom. The van der Waals surface area contributed by atoms with Crippen molar-refractivity contribution in [3.63, 3.8) is 0 Å². The van der Waals surface area contributed by atoms with E-state index >= 15 is 0 Å². The number of imidazole rings is 1. The summed E-state index contributed by atoms with van der Waals surface area (Å²) in [6.45, 7) is 8.19. The number of amides is 1. The monoisotopic (exact) mass is 453 g/mol. The Bertz CT molecular complexity index is 1320. The van der Waals surface area contributed by atoms with Crippen molar-refractivity contribution < 1.29 is 9.53 Å². The molecule has 0 aliphatic carbocycles. The van der Waals surface area contributed by atoms with E-state index in [-0.39, 0.29) is 11.8 Å². The molecule has 4 aromatic rings. The van der Waals surface area contributed by atoms with E-state index in [1.165, 1.54) is 11.1 Å². The Morgan fingerprint density at radius 2 is 1.79 bits per heavy atom. The van der Waals surface area contributed by atoms with E-state index in [0.29, 0.717) is 26.1 Å². The average Bonchev–Trinajstić information content (AvgIpc) is 3.42.